The molecule has 160 valence electrons. The van der Waals surface area contributed by atoms with Crippen LogP contribution in [0.4, 0.5) is 0 Å². The van der Waals surface area contributed by atoms with E-state index in [0.29, 0.717) is 5.70 Å². The second-order valence-corrected chi connectivity index (χ2v) is 8.18. The highest BCUT2D eigenvalue weighted by Gasteiger charge is 2.19. The first-order valence-corrected chi connectivity index (χ1v) is 10.8. The van der Waals surface area contributed by atoms with Crippen LogP contribution in [-0.2, 0) is 12.8 Å². The van der Waals surface area contributed by atoms with Crippen LogP contribution < -0.4 is 16.8 Å². The van der Waals surface area contributed by atoms with Crippen molar-refractivity contribution in [2.45, 2.75) is 39.2 Å². The van der Waals surface area contributed by atoms with Gasteiger partial charge in [0.25, 0.3) is 0 Å². The molecule has 5 nitrogen and oxygen atoms in total. The summed E-state index contributed by atoms with van der Waals surface area (Å²) in [6, 6.07) is 13.5. The van der Waals surface area contributed by atoms with Crippen molar-refractivity contribution in [3.63, 3.8) is 0 Å². The zero-order chi connectivity index (χ0) is 21.7. The van der Waals surface area contributed by atoms with E-state index in [4.69, 9.17) is 11.5 Å². The average molecular weight is 406 g/mol. The molecule has 5 heteroatoms. The van der Waals surface area contributed by atoms with Crippen molar-refractivity contribution in [1.29, 1.82) is 0 Å². The van der Waals surface area contributed by atoms with Crippen LogP contribution in [0.5, 0.6) is 0 Å². The quantitative estimate of drug-likeness (QED) is 0.485. The molecular weight excluding hydrogens is 370 g/mol. The van der Waals surface area contributed by atoms with Gasteiger partial charge in [0, 0.05) is 19.3 Å². The van der Waals surface area contributed by atoms with Gasteiger partial charge in [0.2, 0.25) is 0 Å². The van der Waals surface area contributed by atoms with Crippen molar-refractivity contribution >= 4 is 11.5 Å². The third kappa shape index (κ3) is 4.85. The van der Waals surface area contributed by atoms with Gasteiger partial charge in [-0.05, 0) is 79.2 Å². The summed E-state index contributed by atoms with van der Waals surface area (Å²) in [5, 5.41) is 3.60. The fourth-order valence-electron chi connectivity index (χ4n) is 4.19. The number of rotatable bonds is 7. The molecule has 0 bridgehead atoms. The summed E-state index contributed by atoms with van der Waals surface area (Å²) < 4.78 is 0. The van der Waals surface area contributed by atoms with E-state index in [2.05, 4.69) is 72.5 Å². The lowest BCUT2D eigenvalue weighted by Crippen LogP contribution is -2.37. The number of nitrogens with zero attached hydrogens (tertiary/aromatic N) is 2. The lowest BCUT2D eigenvalue weighted by molar-refractivity contribution is 0.376. The van der Waals surface area contributed by atoms with Gasteiger partial charge in [-0.1, -0.05) is 37.3 Å². The van der Waals surface area contributed by atoms with Crippen molar-refractivity contribution in [3.05, 3.63) is 64.9 Å². The molecule has 0 saturated carbocycles. The minimum atomic E-state index is 0.210. The van der Waals surface area contributed by atoms with Crippen molar-refractivity contribution in [2.75, 3.05) is 27.2 Å². The summed E-state index contributed by atoms with van der Waals surface area (Å²) in [5.74, 6) is 1.03. The molecule has 0 aromatic heterocycles. The molecular formula is C25H35N5. The summed E-state index contributed by atoms with van der Waals surface area (Å²) in [5.41, 5.74) is 19.8. The summed E-state index contributed by atoms with van der Waals surface area (Å²) in [7, 11) is 4.00. The lowest BCUT2D eigenvalue weighted by atomic mass is 9.83. The highest BCUT2D eigenvalue weighted by atomic mass is 15.1. The van der Waals surface area contributed by atoms with Gasteiger partial charge in [0.1, 0.15) is 5.84 Å². The summed E-state index contributed by atoms with van der Waals surface area (Å²) in [6.45, 7) is 6.32. The number of nitrogens with one attached hydrogen (secondary N) is 1. The molecule has 0 aliphatic heterocycles. The van der Waals surface area contributed by atoms with Crippen molar-refractivity contribution in [3.8, 4) is 11.1 Å². The number of likely N-dealkylation sites (N-methyl/N-ethyl adjacent to an activating group) is 1. The van der Waals surface area contributed by atoms with Crippen LogP contribution in [0.15, 0.2) is 47.6 Å². The molecule has 0 radical (unpaired) electrons. The molecule has 0 fully saturated rings. The van der Waals surface area contributed by atoms with Gasteiger partial charge >= 0.3 is 0 Å². The fourth-order valence-corrected chi connectivity index (χ4v) is 4.19. The Morgan fingerprint density at radius 3 is 2.47 bits per heavy atom. The number of nitrogens with two attached hydrogens (primary N) is 2. The molecule has 3 rings (SSSR count). The van der Waals surface area contributed by atoms with E-state index in [-0.39, 0.29) is 6.04 Å². The van der Waals surface area contributed by atoms with E-state index in [1.807, 2.05) is 7.05 Å². The Balaban J connectivity index is 1.78. The number of fused-ring (bicyclic) bond motifs is 3. The van der Waals surface area contributed by atoms with Crippen LogP contribution in [0.1, 0.15) is 48.6 Å². The standard InChI is InChI=1S/C25H35N5/c1-5-12-30(4)16-25(28-3)29-17(2)18-8-10-22-19(13-18)6-7-20-14-21(24(27)15-26)9-11-23(20)22/h8-11,13-15,17H,5-7,12,16,26-27H2,1-4H3,(H,28,29)/b24-15-. The third-order valence-electron chi connectivity index (χ3n) is 5.88. The largest absolute Gasteiger partial charge is 0.403 e. The molecule has 2 aromatic rings. The van der Waals surface area contributed by atoms with Crippen LogP contribution in [0, 0.1) is 0 Å². The van der Waals surface area contributed by atoms with Gasteiger partial charge in [-0.2, -0.15) is 0 Å². The van der Waals surface area contributed by atoms with Crippen LogP contribution in [0.3, 0.4) is 0 Å². The van der Waals surface area contributed by atoms with E-state index in [0.717, 1.165) is 43.8 Å². The van der Waals surface area contributed by atoms with E-state index in [1.54, 1.807) is 0 Å². The van der Waals surface area contributed by atoms with Crippen LogP contribution in [-0.4, -0.2) is 37.9 Å². The minimum absolute atomic E-state index is 0.210. The Bertz CT molecular complexity index is 945. The second kappa shape index (κ2) is 9.81. The Morgan fingerprint density at radius 1 is 1.17 bits per heavy atom. The monoisotopic (exact) mass is 405 g/mol. The van der Waals surface area contributed by atoms with E-state index in [9.17, 15) is 0 Å². The molecule has 30 heavy (non-hydrogen) atoms. The average Bonchev–Trinajstić information content (AvgIpc) is 2.77. The number of hydrogen-bond acceptors (Lipinski definition) is 4. The van der Waals surface area contributed by atoms with Gasteiger partial charge in [0.05, 0.1) is 12.2 Å². The Kier molecular flexibility index (Phi) is 7.16. The van der Waals surface area contributed by atoms with Gasteiger partial charge in [-0.15, -0.1) is 0 Å². The fraction of sp³-hybridized carbons (Fsp3) is 0.400. The maximum atomic E-state index is 5.99. The lowest BCUT2D eigenvalue weighted by Gasteiger charge is -2.25. The molecule has 1 unspecified atom stereocenters. The summed E-state index contributed by atoms with van der Waals surface area (Å²) in [4.78, 5) is 6.76. The van der Waals surface area contributed by atoms with E-state index >= 15 is 0 Å². The molecule has 0 amide bonds. The highest BCUT2D eigenvalue weighted by Crippen LogP contribution is 2.36. The first-order chi connectivity index (χ1) is 14.5. The van der Waals surface area contributed by atoms with Crippen LogP contribution in [0.25, 0.3) is 16.8 Å². The van der Waals surface area contributed by atoms with Gasteiger partial charge in [-0.25, -0.2) is 0 Å². The number of benzene rings is 2. The molecule has 1 aliphatic rings. The maximum absolute atomic E-state index is 5.99. The summed E-state index contributed by atoms with van der Waals surface area (Å²) in [6.07, 6.45) is 4.66. The van der Waals surface area contributed by atoms with Crippen molar-refractivity contribution < 1.29 is 0 Å². The Labute approximate surface area is 180 Å². The van der Waals surface area contributed by atoms with E-state index < -0.39 is 0 Å². The topological polar surface area (TPSA) is 79.7 Å². The zero-order valence-electron chi connectivity index (χ0n) is 18.7. The second-order valence-electron chi connectivity index (χ2n) is 8.18. The molecule has 1 atom stereocenters. The van der Waals surface area contributed by atoms with Gasteiger partial charge in [0.15, 0.2) is 0 Å². The molecule has 0 spiro atoms. The number of hydrogen-bond donors (Lipinski definition) is 3. The minimum Gasteiger partial charge on any atom is -0.403 e. The van der Waals surface area contributed by atoms with Gasteiger partial charge < -0.3 is 16.8 Å². The Morgan fingerprint density at radius 2 is 1.83 bits per heavy atom. The molecule has 0 saturated heterocycles. The number of amidine groups is 1. The third-order valence-corrected chi connectivity index (χ3v) is 5.88. The van der Waals surface area contributed by atoms with Crippen LogP contribution >= 0.6 is 0 Å². The smallest absolute Gasteiger partial charge is 0.111 e. The normalized spacial score (nSPS) is 15.0. The molecule has 5 N–H and O–H groups in total. The van der Waals surface area contributed by atoms with E-state index in [1.165, 1.54) is 34.0 Å². The van der Waals surface area contributed by atoms with Crippen molar-refractivity contribution in [2.24, 2.45) is 16.5 Å². The molecule has 0 heterocycles. The Hall–Kier alpha value is -2.79. The van der Waals surface area contributed by atoms with Crippen molar-refractivity contribution in [1.82, 2.24) is 10.2 Å². The highest BCUT2D eigenvalue weighted by molar-refractivity contribution is 5.84. The molecule has 1 aliphatic carbocycles. The summed E-state index contributed by atoms with van der Waals surface area (Å²) >= 11 is 0. The first-order valence-electron chi connectivity index (χ1n) is 10.8. The van der Waals surface area contributed by atoms with Crippen LogP contribution in [0.2, 0.25) is 0 Å². The first kappa shape index (κ1) is 21.9. The predicted molar refractivity (Wildman–Crippen MR) is 128 cm³/mol. The molecule has 2 aromatic carbocycles. The SMILES string of the molecule is CCCN(C)CC(=NC)NC(C)c1ccc2c(c1)CCc1cc(/C(N)=C/N)ccc1-2. The number of aryl methyl sites for hydroxylation is 2. The predicted octanol–water partition coefficient (Wildman–Crippen LogP) is 3.69. The van der Waals surface area contributed by atoms with Gasteiger partial charge in [-0.3, -0.25) is 9.89 Å². The number of aliphatic imine (C=N–C) groups is 1. The maximum Gasteiger partial charge on any atom is 0.111 e. The zero-order valence-corrected chi connectivity index (χ0v) is 18.7.